The Morgan fingerprint density at radius 3 is 2.50 bits per heavy atom. The van der Waals surface area contributed by atoms with Gasteiger partial charge in [-0.2, -0.15) is 0 Å². The fourth-order valence-corrected chi connectivity index (χ4v) is 1.30. The van der Waals surface area contributed by atoms with Gasteiger partial charge in [0.15, 0.2) is 0 Å². The molecule has 0 aliphatic rings. The van der Waals surface area contributed by atoms with E-state index < -0.39 is 0 Å². The molecule has 0 saturated heterocycles. The van der Waals surface area contributed by atoms with Crippen molar-refractivity contribution in [2.24, 2.45) is 5.73 Å². The minimum Gasteiger partial charge on any atom is -0.472 e. The maximum atomic E-state index is 6.15. The first kappa shape index (κ1) is 9.33. The molecule has 68 valence electrons. The average Bonchev–Trinajstić information content (AvgIpc) is 2.57. The van der Waals surface area contributed by atoms with E-state index in [1.807, 2.05) is 6.07 Å². The fourth-order valence-electron chi connectivity index (χ4n) is 1.30. The summed E-state index contributed by atoms with van der Waals surface area (Å²) in [4.78, 5) is 0. The highest BCUT2D eigenvalue weighted by Crippen LogP contribution is 2.18. The van der Waals surface area contributed by atoms with Crippen LogP contribution in [-0.2, 0) is 6.42 Å². The molecular weight excluding hydrogens is 150 g/mol. The normalized spacial score (nSPS) is 11.9. The Morgan fingerprint density at radius 1 is 1.42 bits per heavy atom. The smallest absolute Gasteiger partial charge is 0.0935 e. The summed E-state index contributed by atoms with van der Waals surface area (Å²) in [5.41, 5.74) is 7.29. The van der Waals surface area contributed by atoms with Gasteiger partial charge in [0.1, 0.15) is 0 Å². The first-order chi connectivity index (χ1) is 5.70. The van der Waals surface area contributed by atoms with Crippen LogP contribution in [0.4, 0.5) is 0 Å². The van der Waals surface area contributed by atoms with E-state index in [1.54, 1.807) is 12.5 Å². The number of furan rings is 1. The molecule has 0 aromatic carbocycles. The summed E-state index contributed by atoms with van der Waals surface area (Å²) in [6.45, 7) is 4.26. The summed E-state index contributed by atoms with van der Waals surface area (Å²) in [6, 6.07) is 1.98. The zero-order valence-electron chi connectivity index (χ0n) is 7.84. The molecule has 0 fully saturated rings. The molecule has 0 atom stereocenters. The van der Waals surface area contributed by atoms with E-state index >= 15 is 0 Å². The van der Waals surface area contributed by atoms with Crippen LogP contribution in [0.25, 0.3) is 0 Å². The van der Waals surface area contributed by atoms with E-state index in [9.17, 15) is 0 Å². The third-order valence-corrected chi connectivity index (χ3v) is 2.54. The molecule has 12 heavy (non-hydrogen) atoms. The third kappa shape index (κ3) is 2.11. The van der Waals surface area contributed by atoms with Crippen molar-refractivity contribution >= 4 is 0 Å². The summed E-state index contributed by atoms with van der Waals surface area (Å²) in [5.74, 6) is 0. The van der Waals surface area contributed by atoms with Crippen molar-refractivity contribution in [3.63, 3.8) is 0 Å². The lowest BCUT2D eigenvalue weighted by Crippen LogP contribution is -2.40. The molecule has 0 unspecified atom stereocenters. The molecule has 0 amide bonds. The van der Waals surface area contributed by atoms with Crippen molar-refractivity contribution in [1.29, 1.82) is 0 Å². The number of nitrogens with two attached hydrogens (primary N) is 1. The number of hydrogen-bond donors (Lipinski definition) is 1. The lowest BCUT2D eigenvalue weighted by atomic mass is 9.88. The molecular formula is C10H17NO. The topological polar surface area (TPSA) is 39.2 Å². The summed E-state index contributed by atoms with van der Waals surface area (Å²) in [7, 11) is 0. The third-order valence-electron chi connectivity index (χ3n) is 2.54. The minimum absolute atomic E-state index is 0.0517. The van der Waals surface area contributed by atoms with Gasteiger partial charge in [0.2, 0.25) is 0 Å². The minimum atomic E-state index is -0.0517. The zero-order valence-corrected chi connectivity index (χ0v) is 7.84. The van der Waals surface area contributed by atoms with Crippen LogP contribution in [0.3, 0.4) is 0 Å². The standard InChI is InChI=1S/C10H17NO/c1-3-10(11,4-2)7-9-5-6-12-8-9/h5-6,8H,3-4,7,11H2,1-2H3. The first-order valence-electron chi connectivity index (χ1n) is 4.50. The van der Waals surface area contributed by atoms with Gasteiger partial charge in [0.05, 0.1) is 12.5 Å². The molecule has 0 aliphatic carbocycles. The molecule has 2 nitrogen and oxygen atoms in total. The van der Waals surface area contributed by atoms with Crippen LogP contribution in [0.1, 0.15) is 32.3 Å². The van der Waals surface area contributed by atoms with Gasteiger partial charge in [-0.1, -0.05) is 13.8 Å². The van der Waals surface area contributed by atoms with Gasteiger partial charge in [-0.05, 0) is 30.9 Å². The van der Waals surface area contributed by atoms with Crippen molar-refractivity contribution in [2.45, 2.75) is 38.6 Å². The Kier molecular flexibility index (Phi) is 2.93. The van der Waals surface area contributed by atoms with Gasteiger partial charge < -0.3 is 10.2 Å². The molecule has 1 rings (SSSR count). The first-order valence-corrected chi connectivity index (χ1v) is 4.50. The molecule has 0 radical (unpaired) electrons. The fraction of sp³-hybridized carbons (Fsp3) is 0.600. The van der Waals surface area contributed by atoms with E-state index in [0.29, 0.717) is 0 Å². The van der Waals surface area contributed by atoms with Crippen molar-refractivity contribution in [1.82, 2.24) is 0 Å². The van der Waals surface area contributed by atoms with Crippen molar-refractivity contribution in [2.75, 3.05) is 0 Å². The molecule has 1 heterocycles. The predicted molar refractivity (Wildman–Crippen MR) is 49.9 cm³/mol. The van der Waals surface area contributed by atoms with Crippen LogP contribution in [0.15, 0.2) is 23.0 Å². The van der Waals surface area contributed by atoms with Crippen LogP contribution >= 0.6 is 0 Å². The van der Waals surface area contributed by atoms with Gasteiger partial charge in [-0.15, -0.1) is 0 Å². The number of hydrogen-bond acceptors (Lipinski definition) is 2. The Hall–Kier alpha value is -0.760. The van der Waals surface area contributed by atoms with Crippen molar-refractivity contribution in [3.05, 3.63) is 24.2 Å². The molecule has 0 aliphatic heterocycles. The summed E-state index contributed by atoms with van der Waals surface area (Å²) in [5, 5.41) is 0. The molecule has 2 N–H and O–H groups in total. The summed E-state index contributed by atoms with van der Waals surface area (Å²) >= 11 is 0. The van der Waals surface area contributed by atoms with E-state index in [1.165, 1.54) is 5.56 Å². The summed E-state index contributed by atoms with van der Waals surface area (Å²) < 4.78 is 4.99. The summed E-state index contributed by atoms with van der Waals surface area (Å²) in [6.07, 6.45) is 6.40. The second-order valence-corrected chi connectivity index (χ2v) is 3.38. The highest BCUT2D eigenvalue weighted by molar-refractivity contribution is 5.10. The van der Waals surface area contributed by atoms with Crippen molar-refractivity contribution < 1.29 is 4.42 Å². The zero-order chi connectivity index (χ0) is 9.03. The van der Waals surface area contributed by atoms with E-state index in [2.05, 4.69) is 13.8 Å². The van der Waals surface area contributed by atoms with Gasteiger partial charge in [0, 0.05) is 5.54 Å². The Balaban J connectivity index is 2.60. The maximum absolute atomic E-state index is 6.15. The van der Waals surface area contributed by atoms with E-state index in [0.717, 1.165) is 19.3 Å². The lowest BCUT2D eigenvalue weighted by Gasteiger charge is -2.25. The highest BCUT2D eigenvalue weighted by Gasteiger charge is 2.20. The molecule has 0 spiro atoms. The van der Waals surface area contributed by atoms with Crippen LogP contribution in [0, 0.1) is 0 Å². The molecule has 0 bridgehead atoms. The van der Waals surface area contributed by atoms with E-state index in [-0.39, 0.29) is 5.54 Å². The highest BCUT2D eigenvalue weighted by atomic mass is 16.3. The van der Waals surface area contributed by atoms with Gasteiger partial charge in [0.25, 0.3) is 0 Å². The molecule has 2 heteroatoms. The Morgan fingerprint density at radius 2 is 2.08 bits per heavy atom. The monoisotopic (exact) mass is 167 g/mol. The number of rotatable bonds is 4. The SMILES string of the molecule is CCC(N)(CC)Cc1ccoc1. The largest absolute Gasteiger partial charge is 0.472 e. The predicted octanol–water partition coefficient (Wildman–Crippen LogP) is 2.34. The Bertz CT molecular complexity index is 212. The van der Waals surface area contributed by atoms with Crippen LogP contribution in [0.2, 0.25) is 0 Å². The van der Waals surface area contributed by atoms with Crippen molar-refractivity contribution in [3.8, 4) is 0 Å². The van der Waals surface area contributed by atoms with Crippen LogP contribution in [-0.4, -0.2) is 5.54 Å². The second-order valence-electron chi connectivity index (χ2n) is 3.38. The lowest BCUT2D eigenvalue weighted by molar-refractivity contribution is 0.391. The molecule has 1 aromatic rings. The van der Waals surface area contributed by atoms with Gasteiger partial charge >= 0.3 is 0 Å². The molecule has 0 saturated carbocycles. The quantitative estimate of drug-likeness (QED) is 0.747. The maximum Gasteiger partial charge on any atom is 0.0935 e. The van der Waals surface area contributed by atoms with Crippen LogP contribution in [0.5, 0.6) is 0 Å². The Labute approximate surface area is 73.8 Å². The van der Waals surface area contributed by atoms with E-state index in [4.69, 9.17) is 10.2 Å². The van der Waals surface area contributed by atoms with Gasteiger partial charge in [-0.25, -0.2) is 0 Å². The average molecular weight is 167 g/mol. The van der Waals surface area contributed by atoms with Crippen LogP contribution < -0.4 is 5.73 Å². The second kappa shape index (κ2) is 3.76. The molecule has 1 aromatic heterocycles. The van der Waals surface area contributed by atoms with Gasteiger partial charge in [-0.3, -0.25) is 0 Å².